The first-order valence-corrected chi connectivity index (χ1v) is 14.1. The number of benzene rings is 8. The molecule has 0 amide bonds. The number of hydrogen-bond acceptors (Lipinski definition) is 1. The van der Waals surface area contributed by atoms with E-state index in [0.717, 1.165) is 11.4 Å². The van der Waals surface area contributed by atoms with Crippen LogP contribution in [-0.2, 0) is 0 Å². The third-order valence-electron chi connectivity index (χ3n) is 8.23. The highest BCUT2D eigenvalue weighted by molar-refractivity contribution is 6.15. The summed E-state index contributed by atoms with van der Waals surface area (Å²) >= 11 is 0. The van der Waals surface area contributed by atoms with Gasteiger partial charge in [0, 0.05) is 16.9 Å². The predicted molar refractivity (Wildman–Crippen MR) is 177 cm³/mol. The number of hydrogen-bond donors (Lipinski definition) is 1. The molecule has 0 aliphatic heterocycles. The fraction of sp³-hybridized carbons (Fsp3) is 0. The highest BCUT2D eigenvalue weighted by Gasteiger charge is 2.13. The van der Waals surface area contributed by atoms with Gasteiger partial charge in [-0.25, -0.2) is 0 Å². The lowest BCUT2D eigenvalue weighted by Crippen LogP contribution is -1.94. The van der Waals surface area contributed by atoms with E-state index in [1.54, 1.807) is 0 Å². The Morgan fingerprint density at radius 2 is 0.780 bits per heavy atom. The number of rotatable bonds is 4. The van der Waals surface area contributed by atoms with Crippen LogP contribution in [-0.4, -0.2) is 0 Å². The Hall–Kier alpha value is -5.40. The normalized spacial score (nSPS) is 11.4. The second kappa shape index (κ2) is 9.66. The van der Waals surface area contributed by atoms with Crippen LogP contribution in [0, 0.1) is 0 Å². The van der Waals surface area contributed by atoms with Gasteiger partial charge in [-0.2, -0.15) is 0 Å². The molecule has 8 rings (SSSR count). The SMILES string of the molecule is c1ccc(-c2cc3ccccc3c3ccccc23)c(Nc2ccc(-c3cc4ccccc4c4ccccc34)cc2)c1. The molecule has 0 radical (unpaired) electrons. The fourth-order valence-corrected chi connectivity index (χ4v) is 6.29. The van der Waals surface area contributed by atoms with Crippen molar-refractivity contribution in [2.45, 2.75) is 0 Å². The van der Waals surface area contributed by atoms with Crippen molar-refractivity contribution in [3.63, 3.8) is 0 Å². The van der Waals surface area contributed by atoms with Crippen molar-refractivity contribution in [3.05, 3.63) is 158 Å². The molecule has 0 spiro atoms. The van der Waals surface area contributed by atoms with Gasteiger partial charge in [-0.05, 0) is 90.1 Å². The van der Waals surface area contributed by atoms with E-state index < -0.39 is 0 Å². The third-order valence-corrected chi connectivity index (χ3v) is 8.23. The average Bonchev–Trinajstić information content (AvgIpc) is 3.05. The molecular weight excluding hydrogens is 494 g/mol. The number of nitrogens with one attached hydrogen (secondary N) is 1. The molecule has 41 heavy (non-hydrogen) atoms. The maximum atomic E-state index is 3.73. The predicted octanol–water partition coefficient (Wildman–Crippen LogP) is 11.4. The maximum Gasteiger partial charge on any atom is 0.0464 e. The Labute approximate surface area is 239 Å². The minimum absolute atomic E-state index is 1.07. The Kier molecular flexibility index (Phi) is 5.53. The zero-order valence-corrected chi connectivity index (χ0v) is 22.5. The van der Waals surface area contributed by atoms with E-state index in [9.17, 15) is 0 Å². The van der Waals surface area contributed by atoms with Crippen LogP contribution in [0.4, 0.5) is 11.4 Å². The Balaban J connectivity index is 1.20. The molecule has 1 nitrogen and oxygen atoms in total. The monoisotopic (exact) mass is 521 g/mol. The molecule has 8 aromatic carbocycles. The minimum atomic E-state index is 1.07. The summed E-state index contributed by atoms with van der Waals surface area (Å²) in [6, 6.07) is 56.8. The van der Waals surface area contributed by atoms with E-state index in [2.05, 4.69) is 163 Å². The second-order valence-corrected chi connectivity index (χ2v) is 10.6. The second-order valence-electron chi connectivity index (χ2n) is 10.6. The van der Waals surface area contributed by atoms with Crippen molar-refractivity contribution in [2.24, 2.45) is 0 Å². The number of para-hydroxylation sites is 1. The Morgan fingerprint density at radius 1 is 0.317 bits per heavy atom. The van der Waals surface area contributed by atoms with Crippen molar-refractivity contribution < 1.29 is 0 Å². The molecule has 0 saturated heterocycles. The summed E-state index contributed by atoms with van der Waals surface area (Å²) < 4.78 is 0. The topological polar surface area (TPSA) is 12.0 Å². The molecule has 0 saturated carbocycles. The van der Waals surface area contributed by atoms with Gasteiger partial charge in [0.15, 0.2) is 0 Å². The standard InChI is InChI=1S/C40H27N/c1-3-13-31-28(11-1)25-38(35-17-7-5-15-33(31)35)27-21-23-30(24-22-27)41-40-20-10-9-19-37(40)39-26-29-12-2-4-14-32(29)34-16-6-8-18-36(34)39/h1-26,41H. The summed E-state index contributed by atoms with van der Waals surface area (Å²) in [4.78, 5) is 0. The Bertz CT molecular complexity index is 2220. The van der Waals surface area contributed by atoms with Gasteiger partial charge >= 0.3 is 0 Å². The summed E-state index contributed by atoms with van der Waals surface area (Å²) in [5.74, 6) is 0. The molecular formula is C40H27N. The van der Waals surface area contributed by atoms with Crippen LogP contribution in [0.3, 0.4) is 0 Å². The van der Waals surface area contributed by atoms with Crippen molar-refractivity contribution >= 4 is 54.5 Å². The van der Waals surface area contributed by atoms with Crippen LogP contribution in [0.25, 0.3) is 65.3 Å². The summed E-state index contributed by atoms with van der Waals surface area (Å²) in [5.41, 5.74) is 7.06. The molecule has 0 unspecified atom stereocenters. The van der Waals surface area contributed by atoms with Gasteiger partial charge in [0.25, 0.3) is 0 Å². The van der Waals surface area contributed by atoms with Crippen LogP contribution >= 0.6 is 0 Å². The highest BCUT2D eigenvalue weighted by atomic mass is 14.9. The zero-order valence-electron chi connectivity index (χ0n) is 22.5. The molecule has 0 aromatic heterocycles. The summed E-state index contributed by atoms with van der Waals surface area (Å²) in [7, 11) is 0. The molecule has 0 aliphatic carbocycles. The van der Waals surface area contributed by atoms with Gasteiger partial charge in [0.05, 0.1) is 0 Å². The fourth-order valence-electron chi connectivity index (χ4n) is 6.29. The lowest BCUT2D eigenvalue weighted by Gasteiger charge is -2.16. The molecule has 1 N–H and O–H groups in total. The van der Waals surface area contributed by atoms with Gasteiger partial charge in [-0.3, -0.25) is 0 Å². The van der Waals surface area contributed by atoms with Gasteiger partial charge in [-0.15, -0.1) is 0 Å². The molecule has 8 aromatic rings. The largest absolute Gasteiger partial charge is 0.355 e. The third kappa shape index (κ3) is 4.02. The highest BCUT2D eigenvalue weighted by Crippen LogP contribution is 2.40. The van der Waals surface area contributed by atoms with Crippen molar-refractivity contribution in [1.29, 1.82) is 0 Å². The van der Waals surface area contributed by atoms with E-state index in [-0.39, 0.29) is 0 Å². The van der Waals surface area contributed by atoms with Crippen LogP contribution in [0.1, 0.15) is 0 Å². The first-order chi connectivity index (χ1) is 20.3. The maximum absolute atomic E-state index is 3.73. The van der Waals surface area contributed by atoms with Gasteiger partial charge in [0.1, 0.15) is 0 Å². The van der Waals surface area contributed by atoms with Crippen LogP contribution in [0.5, 0.6) is 0 Å². The minimum Gasteiger partial charge on any atom is -0.355 e. The molecule has 0 aliphatic rings. The van der Waals surface area contributed by atoms with E-state index in [4.69, 9.17) is 0 Å². The quantitative estimate of drug-likeness (QED) is 0.227. The molecule has 1 heteroatoms. The van der Waals surface area contributed by atoms with Crippen molar-refractivity contribution in [2.75, 3.05) is 5.32 Å². The van der Waals surface area contributed by atoms with Crippen LogP contribution in [0.2, 0.25) is 0 Å². The van der Waals surface area contributed by atoms with Crippen molar-refractivity contribution in [1.82, 2.24) is 0 Å². The lowest BCUT2D eigenvalue weighted by atomic mass is 9.92. The Morgan fingerprint density at radius 3 is 1.41 bits per heavy atom. The average molecular weight is 522 g/mol. The van der Waals surface area contributed by atoms with Crippen molar-refractivity contribution in [3.8, 4) is 22.3 Å². The summed E-state index contributed by atoms with van der Waals surface area (Å²) in [6.07, 6.45) is 0. The lowest BCUT2D eigenvalue weighted by molar-refractivity contribution is 1.54. The molecule has 192 valence electrons. The number of fused-ring (bicyclic) bond motifs is 6. The van der Waals surface area contributed by atoms with Crippen LogP contribution in [0.15, 0.2) is 158 Å². The first-order valence-electron chi connectivity index (χ1n) is 14.1. The molecule has 0 heterocycles. The van der Waals surface area contributed by atoms with E-state index in [0.29, 0.717) is 0 Å². The molecule has 0 atom stereocenters. The summed E-state index contributed by atoms with van der Waals surface area (Å²) in [5, 5.41) is 13.9. The zero-order chi connectivity index (χ0) is 27.2. The van der Waals surface area contributed by atoms with Gasteiger partial charge < -0.3 is 5.32 Å². The van der Waals surface area contributed by atoms with E-state index in [1.165, 1.54) is 65.3 Å². The molecule has 0 bridgehead atoms. The summed E-state index contributed by atoms with van der Waals surface area (Å²) in [6.45, 7) is 0. The molecule has 0 fully saturated rings. The van der Waals surface area contributed by atoms with Gasteiger partial charge in [-0.1, -0.05) is 127 Å². The van der Waals surface area contributed by atoms with E-state index in [1.807, 2.05) is 0 Å². The smallest absolute Gasteiger partial charge is 0.0464 e. The van der Waals surface area contributed by atoms with Crippen LogP contribution < -0.4 is 5.32 Å². The van der Waals surface area contributed by atoms with Gasteiger partial charge in [0.2, 0.25) is 0 Å². The number of anilines is 2. The first kappa shape index (κ1) is 23.5. The van der Waals surface area contributed by atoms with E-state index >= 15 is 0 Å².